The van der Waals surface area contributed by atoms with Crippen LogP contribution >= 0.6 is 0 Å². The van der Waals surface area contributed by atoms with Crippen LogP contribution in [-0.2, 0) is 5.41 Å². The molecule has 264 valence electrons. The summed E-state index contributed by atoms with van der Waals surface area (Å²) in [4.78, 5) is 4.85. The third-order valence-corrected chi connectivity index (χ3v) is 11.6. The lowest BCUT2D eigenvalue weighted by atomic mass is 9.70. The summed E-state index contributed by atoms with van der Waals surface area (Å²) in [6, 6.07) is 67.9. The molecular weight excluding hydrogens is 665 g/mol. The number of nitrogens with zero attached hydrogens (tertiary/aromatic N) is 2. The molecule has 2 heteroatoms. The quantitative estimate of drug-likeness (QED) is 0.170. The van der Waals surface area contributed by atoms with E-state index in [0.717, 1.165) is 34.1 Å². The molecule has 0 N–H and O–H groups in total. The van der Waals surface area contributed by atoms with E-state index in [9.17, 15) is 0 Å². The lowest BCUT2D eigenvalue weighted by Crippen LogP contribution is -2.26. The first-order chi connectivity index (χ1) is 26.9. The van der Waals surface area contributed by atoms with Gasteiger partial charge in [0.1, 0.15) is 0 Å². The van der Waals surface area contributed by atoms with Crippen LogP contribution in [0.5, 0.6) is 0 Å². The van der Waals surface area contributed by atoms with E-state index >= 15 is 0 Å². The van der Waals surface area contributed by atoms with Gasteiger partial charge in [-0.25, -0.2) is 0 Å². The van der Waals surface area contributed by atoms with Crippen molar-refractivity contribution in [2.75, 3.05) is 9.80 Å². The first-order valence-corrected chi connectivity index (χ1v) is 19.3. The number of aryl methyl sites for hydroxylation is 4. The minimum Gasteiger partial charge on any atom is -0.310 e. The largest absolute Gasteiger partial charge is 0.310 e. The molecule has 0 radical (unpaired) electrons. The third-order valence-electron chi connectivity index (χ3n) is 11.6. The first kappa shape index (κ1) is 33.0. The van der Waals surface area contributed by atoms with Gasteiger partial charge < -0.3 is 9.80 Å². The molecule has 0 aliphatic heterocycles. The summed E-state index contributed by atoms with van der Waals surface area (Å²) in [6.45, 7) is 8.69. The predicted molar refractivity (Wildman–Crippen MR) is 231 cm³/mol. The summed E-state index contributed by atoms with van der Waals surface area (Å²) < 4.78 is 0. The van der Waals surface area contributed by atoms with E-state index in [4.69, 9.17) is 0 Å². The second kappa shape index (κ2) is 12.7. The molecule has 0 atom stereocenters. The molecule has 2 nitrogen and oxygen atoms in total. The van der Waals surface area contributed by atoms with Crippen LogP contribution in [0.1, 0.15) is 44.5 Å². The Balaban J connectivity index is 1.26. The SMILES string of the molecule is Cc1cccc(N(c2cccc(C)c2)c2ccc3c(c2)C2(c4ccccc4-c4ccccc42)c2cc(N(c4cccc(C)c4)c4cccc(C)c4)ccc2-3)c1. The number of benzene rings is 8. The summed E-state index contributed by atoms with van der Waals surface area (Å²) in [5, 5.41) is 0. The highest BCUT2D eigenvalue weighted by atomic mass is 15.1. The molecule has 0 bridgehead atoms. The topological polar surface area (TPSA) is 6.48 Å². The Hall–Kier alpha value is -6.64. The van der Waals surface area contributed by atoms with Gasteiger partial charge in [0.2, 0.25) is 0 Å². The second-order valence-electron chi connectivity index (χ2n) is 15.3. The zero-order valence-electron chi connectivity index (χ0n) is 31.7. The van der Waals surface area contributed by atoms with Crippen molar-refractivity contribution in [1.29, 1.82) is 0 Å². The van der Waals surface area contributed by atoms with E-state index < -0.39 is 5.41 Å². The minimum atomic E-state index is -0.514. The van der Waals surface area contributed by atoms with Gasteiger partial charge in [0, 0.05) is 34.1 Å². The van der Waals surface area contributed by atoms with Gasteiger partial charge in [-0.1, -0.05) is 109 Å². The maximum Gasteiger partial charge on any atom is 0.0727 e. The van der Waals surface area contributed by atoms with Crippen molar-refractivity contribution in [3.05, 3.63) is 226 Å². The van der Waals surface area contributed by atoms with Crippen molar-refractivity contribution in [2.24, 2.45) is 0 Å². The summed E-state index contributed by atoms with van der Waals surface area (Å²) in [7, 11) is 0. The zero-order valence-corrected chi connectivity index (χ0v) is 31.7. The third kappa shape index (κ3) is 5.16. The van der Waals surface area contributed by atoms with E-state index in [0.29, 0.717) is 0 Å². The zero-order chi connectivity index (χ0) is 37.3. The van der Waals surface area contributed by atoms with E-state index in [1.165, 1.54) is 66.8 Å². The Labute approximate surface area is 324 Å². The van der Waals surface area contributed by atoms with Gasteiger partial charge in [0.25, 0.3) is 0 Å². The normalized spacial score (nSPS) is 12.9. The molecule has 2 aliphatic rings. The van der Waals surface area contributed by atoms with E-state index in [1.807, 2.05) is 0 Å². The molecule has 10 rings (SSSR count). The molecule has 0 fully saturated rings. The highest BCUT2D eigenvalue weighted by molar-refractivity contribution is 5.97. The van der Waals surface area contributed by atoms with Crippen LogP contribution < -0.4 is 9.80 Å². The van der Waals surface area contributed by atoms with Gasteiger partial charge in [0.15, 0.2) is 0 Å². The molecular formula is C53H42N2. The van der Waals surface area contributed by atoms with Gasteiger partial charge in [-0.15, -0.1) is 0 Å². The number of fused-ring (bicyclic) bond motifs is 10. The maximum absolute atomic E-state index is 2.48. The van der Waals surface area contributed by atoms with Gasteiger partial charge in [-0.3, -0.25) is 0 Å². The molecule has 8 aromatic carbocycles. The molecule has 1 spiro atoms. The fraction of sp³-hybridized carbons (Fsp3) is 0.0943. The molecule has 0 amide bonds. The van der Waals surface area contributed by atoms with Crippen LogP contribution in [0.4, 0.5) is 34.1 Å². The van der Waals surface area contributed by atoms with Gasteiger partial charge >= 0.3 is 0 Å². The van der Waals surface area contributed by atoms with Crippen molar-refractivity contribution in [3.63, 3.8) is 0 Å². The lowest BCUT2D eigenvalue weighted by molar-refractivity contribution is 0.793. The smallest absolute Gasteiger partial charge is 0.0727 e. The van der Waals surface area contributed by atoms with Gasteiger partial charge in [-0.05, 0) is 167 Å². The predicted octanol–water partition coefficient (Wildman–Crippen LogP) is 14.2. The average Bonchev–Trinajstić information content (AvgIpc) is 3.65. The number of hydrogen-bond acceptors (Lipinski definition) is 2. The maximum atomic E-state index is 2.48. The molecule has 0 saturated heterocycles. The Morgan fingerprint density at radius 1 is 0.273 bits per heavy atom. The number of hydrogen-bond donors (Lipinski definition) is 0. The van der Waals surface area contributed by atoms with Crippen molar-refractivity contribution >= 4 is 34.1 Å². The standard InChI is InChI=1S/C53H42N2/c1-35-13-9-17-39(29-35)54(40-18-10-14-36(2)30-40)43-25-27-47-48-28-26-44(55(41-19-11-15-37(3)31-41)42-20-12-16-38(4)32-42)34-52(48)53(51(47)33-43)49-23-7-5-21-45(49)46-22-6-8-24-50(46)53/h5-34H,1-4H3. The number of anilines is 6. The van der Waals surface area contributed by atoms with Crippen LogP contribution in [0.2, 0.25) is 0 Å². The molecule has 0 saturated carbocycles. The molecule has 0 heterocycles. The van der Waals surface area contributed by atoms with Gasteiger partial charge in [-0.2, -0.15) is 0 Å². The van der Waals surface area contributed by atoms with Crippen LogP contribution in [-0.4, -0.2) is 0 Å². The van der Waals surface area contributed by atoms with E-state index in [1.54, 1.807) is 0 Å². The summed E-state index contributed by atoms with van der Waals surface area (Å²) in [5.74, 6) is 0. The fourth-order valence-electron chi connectivity index (χ4n) is 9.36. The van der Waals surface area contributed by atoms with E-state index in [2.05, 4.69) is 219 Å². The summed E-state index contributed by atoms with van der Waals surface area (Å²) in [5.41, 5.74) is 21.8. The van der Waals surface area contributed by atoms with Gasteiger partial charge in [0.05, 0.1) is 5.41 Å². The summed E-state index contributed by atoms with van der Waals surface area (Å²) in [6.07, 6.45) is 0. The molecule has 0 aromatic heterocycles. The molecule has 2 aliphatic carbocycles. The lowest BCUT2D eigenvalue weighted by Gasteiger charge is -2.33. The average molecular weight is 707 g/mol. The number of rotatable bonds is 6. The monoisotopic (exact) mass is 706 g/mol. The Kier molecular flexibility index (Phi) is 7.64. The summed E-state index contributed by atoms with van der Waals surface area (Å²) >= 11 is 0. The Bertz CT molecular complexity index is 2510. The molecule has 8 aromatic rings. The Morgan fingerprint density at radius 3 is 0.927 bits per heavy atom. The first-order valence-electron chi connectivity index (χ1n) is 19.3. The minimum absolute atomic E-state index is 0.514. The van der Waals surface area contributed by atoms with Crippen LogP contribution in [0.25, 0.3) is 22.3 Å². The van der Waals surface area contributed by atoms with Crippen molar-refractivity contribution in [1.82, 2.24) is 0 Å². The van der Waals surface area contributed by atoms with Crippen LogP contribution in [0, 0.1) is 27.7 Å². The molecule has 0 unspecified atom stereocenters. The van der Waals surface area contributed by atoms with Crippen LogP contribution in [0.15, 0.2) is 182 Å². The Morgan fingerprint density at radius 2 is 0.582 bits per heavy atom. The highest BCUT2D eigenvalue weighted by Gasteiger charge is 2.52. The second-order valence-corrected chi connectivity index (χ2v) is 15.3. The van der Waals surface area contributed by atoms with Crippen molar-refractivity contribution in [2.45, 2.75) is 33.1 Å². The van der Waals surface area contributed by atoms with Crippen LogP contribution in [0.3, 0.4) is 0 Å². The molecule has 55 heavy (non-hydrogen) atoms. The fourth-order valence-corrected chi connectivity index (χ4v) is 9.36. The van der Waals surface area contributed by atoms with E-state index in [-0.39, 0.29) is 0 Å². The highest BCUT2D eigenvalue weighted by Crippen LogP contribution is 2.64. The van der Waals surface area contributed by atoms with Crippen molar-refractivity contribution in [3.8, 4) is 22.3 Å². The van der Waals surface area contributed by atoms with Crippen molar-refractivity contribution < 1.29 is 0 Å².